The van der Waals surface area contributed by atoms with Crippen LogP contribution in [0.3, 0.4) is 0 Å². The summed E-state index contributed by atoms with van der Waals surface area (Å²) >= 11 is 0.959. The van der Waals surface area contributed by atoms with E-state index in [0.29, 0.717) is 23.9 Å². The van der Waals surface area contributed by atoms with Crippen molar-refractivity contribution in [3.63, 3.8) is 0 Å². The molecule has 2 amide bonds. The third-order valence-corrected chi connectivity index (χ3v) is 7.63. The molecule has 1 saturated heterocycles. The Hall–Kier alpha value is -4.63. The number of ether oxygens (including phenoxy) is 1. The molecule has 0 spiro atoms. The summed E-state index contributed by atoms with van der Waals surface area (Å²) < 4.78 is 44.8. The van der Waals surface area contributed by atoms with E-state index in [1.807, 2.05) is 28.8 Å². The van der Waals surface area contributed by atoms with Crippen LogP contribution in [0.5, 0.6) is 5.75 Å². The third-order valence-electron chi connectivity index (χ3n) is 6.61. The van der Waals surface area contributed by atoms with Crippen molar-refractivity contribution in [3.05, 3.63) is 47.7 Å². The standard InChI is InChI=1S/C25H30N8O10S2/c1-25(2)20(22(35)33(25)43-45(38,39)40)29-21(34)19(17-13-44-24(27)28-17)30-42-18(23(36)37)12-41-16-6-4-14(5-7-16)15-10-31(3)32(11-15)9-8-26/h4-7,10-11,13,18,20H,8-9,12,26H2,1-3H3,(H4-,27,28,29,34,36,37,38,39,40)/p+1/b30-19-/t18-,20+/m0/s1. The maximum absolute atomic E-state index is 13.2. The van der Waals surface area contributed by atoms with Crippen molar-refractivity contribution < 1.29 is 51.0 Å². The lowest BCUT2D eigenvalue weighted by atomic mass is 9.84. The summed E-state index contributed by atoms with van der Waals surface area (Å²) in [7, 11) is -3.12. The summed E-state index contributed by atoms with van der Waals surface area (Å²) in [5.41, 5.74) is 11.1. The van der Waals surface area contributed by atoms with Gasteiger partial charge in [0, 0.05) is 11.9 Å². The normalized spacial score (nSPS) is 17.0. The molecule has 7 N–H and O–H groups in total. The lowest BCUT2D eigenvalue weighted by Crippen LogP contribution is -2.76. The van der Waals surface area contributed by atoms with Crippen LogP contribution >= 0.6 is 11.3 Å². The van der Waals surface area contributed by atoms with E-state index in [2.05, 4.69) is 19.7 Å². The SMILES string of the molecule is C[n+]1cc(-c2ccc(OC[C@H](O/N=C(\C(=O)N[C@@H]3C(=O)N(OS(=O)(=O)O)C3(C)C)c3csc(N)n3)C(=O)O)cc2)cn1CCN. The number of hydrogen-bond acceptors (Lipinski definition) is 13. The number of nitrogens with one attached hydrogen (secondary N) is 1. The van der Waals surface area contributed by atoms with E-state index >= 15 is 0 Å². The van der Waals surface area contributed by atoms with Gasteiger partial charge in [0.2, 0.25) is 6.20 Å². The number of carbonyl (C=O) groups is 3. The predicted octanol–water partition coefficient (Wildman–Crippen LogP) is -0.930. The number of hydrogen-bond donors (Lipinski definition) is 5. The van der Waals surface area contributed by atoms with Gasteiger partial charge in [-0.15, -0.1) is 20.3 Å². The molecule has 45 heavy (non-hydrogen) atoms. The van der Waals surface area contributed by atoms with Gasteiger partial charge < -0.3 is 31.5 Å². The Bertz CT molecular complexity index is 1720. The number of aliphatic carboxylic acids is 1. The van der Waals surface area contributed by atoms with Crippen LogP contribution in [-0.2, 0) is 47.5 Å². The van der Waals surface area contributed by atoms with Crippen LogP contribution in [0.15, 0.2) is 47.2 Å². The number of thiazole rings is 1. The summed E-state index contributed by atoms with van der Waals surface area (Å²) in [6.07, 6.45) is 2.21. The Kier molecular flexibility index (Phi) is 9.73. The molecule has 18 nitrogen and oxygen atoms in total. The van der Waals surface area contributed by atoms with Crippen LogP contribution in [0.4, 0.5) is 5.13 Å². The van der Waals surface area contributed by atoms with Crippen LogP contribution in [-0.4, -0.2) is 87.1 Å². The van der Waals surface area contributed by atoms with Crippen LogP contribution in [0.25, 0.3) is 11.1 Å². The fourth-order valence-electron chi connectivity index (χ4n) is 4.26. The summed E-state index contributed by atoms with van der Waals surface area (Å²) in [5.74, 6) is -3.12. The van der Waals surface area contributed by atoms with Gasteiger partial charge >= 0.3 is 16.4 Å². The Balaban J connectivity index is 1.45. The van der Waals surface area contributed by atoms with Gasteiger partial charge in [0.05, 0.1) is 23.8 Å². The lowest BCUT2D eigenvalue weighted by molar-refractivity contribution is -0.753. The van der Waals surface area contributed by atoms with Gasteiger partial charge in [-0.2, -0.15) is 18.2 Å². The molecular weight excluding hydrogens is 636 g/mol. The first-order chi connectivity index (χ1) is 21.1. The molecule has 2 atom stereocenters. The molecule has 3 aromatic rings. The number of aryl methyl sites for hydroxylation is 1. The van der Waals surface area contributed by atoms with E-state index in [1.165, 1.54) is 19.2 Å². The average Bonchev–Trinajstić information content (AvgIpc) is 3.56. The Morgan fingerprint density at radius 2 is 1.96 bits per heavy atom. The van der Waals surface area contributed by atoms with E-state index in [9.17, 15) is 27.9 Å². The maximum atomic E-state index is 13.2. The lowest BCUT2D eigenvalue weighted by Gasteiger charge is -2.50. The van der Waals surface area contributed by atoms with Crippen LogP contribution in [0, 0.1) is 0 Å². The first-order valence-corrected chi connectivity index (χ1v) is 15.3. The fourth-order valence-corrected chi connectivity index (χ4v) is 5.26. The van der Waals surface area contributed by atoms with Gasteiger partial charge in [0.1, 0.15) is 24.1 Å². The number of nitrogens with zero attached hydrogens (tertiary/aromatic N) is 5. The van der Waals surface area contributed by atoms with Gasteiger partial charge in [0.25, 0.3) is 17.9 Å². The molecule has 0 aliphatic carbocycles. The molecule has 2 aromatic heterocycles. The number of anilines is 1. The third kappa shape index (κ3) is 7.72. The van der Waals surface area contributed by atoms with Crippen molar-refractivity contribution in [2.24, 2.45) is 17.9 Å². The second kappa shape index (κ2) is 13.2. The zero-order valence-electron chi connectivity index (χ0n) is 24.2. The van der Waals surface area contributed by atoms with Gasteiger partial charge in [-0.3, -0.25) is 14.1 Å². The molecule has 0 unspecified atom stereocenters. The molecule has 3 heterocycles. The molecule has 0 saturated carbocycles. The van der Waals surface area contributed by atoms with E-state index in [1.54, 1.807) is 24.3 Å². The molecule has 0 bridgehead atoms. The molecule has 242 valence electrons. The highest BCUT2D eigenvalue weighted by Crippen LogP contribution is 2.33. The molecule has 1 aliphatic rings. The van der Waals surface area contributed by atoms with Crippen LogP contribution < -0.4 is 26.2 Å². The average molecular weight is 668 g/mol. The Labute approximate surface area is 260 Å². The van der Waals surface area contributed by atoms with Crippen molar-refractivity contribution in [2.45, 2.75) is 38.1 Å². The summed E-state index contributed by atoms with van der Waals surface area (Å²) in [6.45, 7) is 3.37. The quantitative estimate of drug-likeness (QED) is 0.0458. The number of nitrogens with two attached hydrogens (primary N) is 2. The van der Waals surface area contributed by atoms with Crippen molar-refractivity contribution in [1.82, 2.24) is 20.0 Å². The number of rotatable bonds is 14. The smallest absolute Gasteiger partial charge is 0.418 e. The minimum Gasteiger partial charge on any atom is -0.489 e. The highest BCUT2D eigenvalue weighted by atomic mass is 32.3. The number of hydroxylamine groups is 2. The van der Waals surface area contributed by atoms with Gasteiger partial charge in [-0.25, -0.2) is 9.78 Å². The molecule has 0 radical (unpaired) electrons. The summed E-state index contributed by atoms with van der Waals surface area (Å²) in [4.78, 5) is 46.7. The maximum Gasteiger partial charge on any atom is 0.418 e. The number of aromatic nitrogens is 3. The number of amides is 2. The van der Waals surface area contributed by atoms with Crippen molar-refractivity contribution in [2.75, 3.05) is 18.9 Å². The zero-order valence-corrected chi connectivity index (χ0v) is 25.8. The number of carboxylic acids is 1. The van der Waals surface area contributed by atoms with Gasteiger partial charge in [-0.1, -0.05) is 17.3 Å². The van der Waals surface area contributed by atoms with E-state index < -0.39 is 58.2 Å². The minimum atomic E-state index is -5.01. The zero-order chi connectivity index (χ0) is 33.1. The largest absolute Gasteiger partial charge is 0.489 e. The van der Waals surface area contributed by atoms with Crippen molar-refractivity contribution >= 4 is 50.4 Å². The molecular formula is C25H31N8O10S2+. The second-order valence-corrected chi connectivity index (χ2v) is 12.1. The highest BCUT2D eigenvalue weighted by molar-refractivity contribution is 7.80. The minimum absolute atomic E-state index is 0.0598. The fraction of sp³-hybridized carbons (Fsp3) is 0.360. The van der Waals surface area contributed by atoms with E-state index in [-0.39, 0.29) is 10.8 Å². The van der Waals surface area contributed by atoms with E-state index in [4.69, 9.17) is 25.6 Å². The Morgan fingerprint density at radius 3 is 2.51 bits per heavy atom. The van der Waals surface area contributed by atoms with Gasteiger partial charge in [-0.05, 0) is 31.5 Å². The topological polar surface area (TPSA) is 255 Å². The summed E-state index contributed by atoms with van der Waals surface area (Å²) in [6, 6.07) is 5.58. The second-order valence-electron chi connectivity index (χ2n) is 10.2. The number of benzene rings is 1. The number of carboxylic acid groups (broad SMARTS) is 1. The molecule has 1 aromatic carbocycles. The first kappa shape index (κ1) is 33.3. The molecule has 20 heteroatoms. The molecule has 1 aliphatic heterocycles. The van der Waals surface area contributed by atoms with Crippen LogP contribution in [0.1, 0.15) is 19.5 Å². The summed E-state index contributed by atoms with van der Waals surface area (Å²) in [5, 5.41) is 17.6. The van der Waals surface area contributed by atoms with Crippen LogP contribution in [0.2, 0.25) is 0 Å². The number of β-lactam (4-membered cyclic amide) rings is 1. The number of carbonyl (C=O) groups excluding carboxylic acids is 2. The van der Waals surface area contributed by atoms with Gasteiger partial charge in [0.15, 0.2) is 17.9 Å². The predicted molar refractivity (Wildman–Crippen MR) is 157 cm³/mol. The Morgan fingerprint density at radius 1 is 1.27 bits per heavy atom. The first-order valence-electron chi connectivity index (χ1n) is 13.1. The van der Waals surface area contributed by atoms with Crippen molar-refractivity contribution in [3.8, 4) is 16.9 Å². The van der Waals surface area contributed by atoms with Crippen molar-refractivity contribution in [1.29, 1.82) is 0 Å². The highest BCUT2D eigenvalue weighted by Gasteiger charge is 2.58. The van der Waals surface area contributed by atoms with E-state index in [0.717, 1.165) is 22.5 Å². The molecule has 1 fully saturated rings. The number of nitrogen functional groups attached to an aromatic ring is 1. The number of oxime groups is 1. The monoisotopic (exact) mass is 667 g/mol. The molecule has 4 rings (SSSR count).